The molecule has 0 aliphatic carbocycles. The summed E-state index contributed by atoms with van der Waals surface area (Å²) in [6, 6.07) is 1.89. The first-order chi connectivity index (χ1) is 8.49. The number of nitrogens with zero attached hydrogens (tertiary/aromatic N) is 1. The van der Waals surface area contributed by atoms with E-state index in [1.807, 2.05) is 6.07 Å². The minimum Gasteiger partial charge on any atom is -0.468 e. The van der Waals surface area contributed by atoms with Crippen LogP contribution in [0.25, 0.3) is 0 Å². The van der Waals surface area contributed by atoms with Gasteiger partial charge in [-0.25, -0.2) is 8.78 Å². The van der Waals surface area contributed by atoms with Crippen molar-refractivity contribution in [3.63, 3.8) is 0 Å². The standard InChI is InChI=1S/C13H22F2N2O/c1-10(2)6-16-7-11-4-5-18-12(11)8-17(3)9-13(14)15/h4-5,10,13,16H,6-9H2,1-3H3. The molecule has 1 N–H and O–H groups in total. The van der Waals surface area contributed by atoms with E-state index in [9.17, 15) is 8.78 Å². The number of hydrogen-bond acceptors (Lipinski definition) is 3. The highest BCUT2D eigenvalue weighted by atomic mass is 19.3. The maximum atomic E-state index is 12.2. The second-order valence-electron chi connectivity index (χ2n) is 4.98. The molecule has 1 aromatic heterocycles. The minimum absolute atomic E-state index is 0.237. The van der Waals surface area contributed by atoms with E-state index in [0.29, 0.717) is 19.0 Å². The van der Waals surface area contributed by atoms with E-state index in [1.165, 1.54) is 0 Å². The van der Waals surface area contributed by atoms with Gasteiger partial charge in [0.25, 0.3) is 6.43 Å². The van der Waals surface area contributed by atoms with Crippen molar-refractivity contribution in [2.24, 2.45) is 5.92 Å². The highest BCUT2D eigenvalue weighted by Crippen LogP contribution is 2.13. The van der Waals surface area contributed by atoms with Crippen LogP contribution in [0.3, 0.4) is 0 Å². The van der Waals surface area contributed by atoms with Gasteiger partial charge >= 0.3 is 0 Å². The predicted octanol–water partition coefficient (Wildman–Crippen LogP) is 2.72. The number of halogens is 2. The fraction of sp³-hybridized carbons (Fsp3) is 0.692. The fourth-order valence-corrected chi connectivity index (χ4v) is 1.70. The maximum Gasteiger partial charge on any atom is 0.251 e. The van der Waals surface area contributed by atoms with Gasteiger partial charge in [-0.05, 0) is 25.6 Å². The van der Waals surface area contributed by atoms with Gasteiger partial charge in [-0.3, -0.25) is 4.90 Å². The number of alkyl halides is 2. The van der Waals surface area contributed by atoms with Gasteiger partial charge in [0.2, 0.25) is 0 Å². The Hall–Kier alpha value is -0.940. The zero-order valence-electron chi connectivity index (χ0n) is 11.2. The Bertz CT molecular complexity index is 339. The van der Waals surface area contributed by atoms with E-state index >= 15 is 0 Å². The second-order valence-corrected chi connectivity index (χ2v) is 4.98. The van der Waals surface area contributed by atoms with Crippen molar-refractivity contribution in [3.8, 4) is 0 Å². The highest BCUT2D eigenvalue weighted by molar-refractivity contribution is 5.16. The van der Waals surface area contributed by atoms with E-state index in [2.05, 4.69) is 19.2 Å². The third-order valence-corrected chi connectivity index (χ3v) is 2.57. The summed E-state index contributed by atoms with van der Waals surface area (Å²) in [4.78, 5) is 1.56. The normalized spacial score (nSPS) is 12.0. The molecule has 0 saturated heterocycles. The van der Waals surface area contributed by atoms with Gasteiger partial charge in [0, 0.05) is 12.1 Å². The summed E-state index contributed by atoms with van der Waals surface area (Å²) in [5.41, 5.74) is 1.04. The Balaban J connectivity index is 2.44. The molecule has 1 heterocycles. The second kappa shape index (κ2) is 7.48. The lowest BCUT2D eigenvalue weighted by atomic mass is 10.2. The van der Waals surface area contributed by atoms with Gasteiger partial charge in [-0.15, -0.1) is 0 Å². The van der Waals surface area contributed by atoms with Gasteiger partial charge in [0.15, 0.2) is 0 Å². The number of furan rings is 1. The van der Waals surface area contributed by atoms with Crippen LogP contribution in [0.15, 0.2) is 16.7 Å². The largest absolute Gasteiger partial charge is 0.468 e. The molecule has 1 aromatic rings. The van der Waals surface area contributed by atoms with Crippen LogP contribution in [-0.2, 0) is 13.1 Å². The van der Waals surface area contributed by atoms with Crippen LogP contribution in [-0.4, -0.2) is 31.5 Å². The molecular weight excluding hydrogens is 238 g/mol. The quantitative estimate of drug-likeness (QED) is 0.779. The average molecular weight is 260 g/mol. The van der Waals surface area contributed by atoms with Crippen LogP contribution in [0.4, 0.5) is 8.78 Å². The molecule has 0 spiro atoms. The lowest BCUT2D eigenvalue weighted by Gasteiger charge is -2.15. The fourth-order valence-electron chi connectivity index (χ4n) is 1.70. The summed E-state index contributed by atoms with van der Waals surface area (Å²) < 4.78 is 29.8. The summed E-state index contributed by atoms with van der Waals surface area (Å²) in [6.07, 6.45) is -0.703. The van der Waals surface area contributed by atoms with Crippen molar-refractivity contribution < 1.29 is 13.2 Å². The zero-order valence-corrected chi connectivity index (χ0v) is 11.2. The van der Waals surface area contributed by atoms with Crippen molar-refractivity contribution in [1.29, 1.82) is 0 Å². The first-order valence-electron chi connectivity index (χ1n) is 6.21. The first-order valence-corrected chi connectivity index (χ1v) is 6.21. The Kier molecular flexibility index (Phi) is 6.29. The molecule has 0 amide bonds. The molecule has 104 valence electrons. The van der Waals surface area contributed by atoms with Gasteiger partial charge < -0.3 is 9.73 Å². The summed E-state index contributed by atoms with van der Waals surface area (Å²) in [7, 11) is 1.67. The monoisotopic (exact) mass is 260 g/mol. The molecule has 5 heteroatoms. The Morgan fingerprint density at radius 1 is 1.39 bits per heavy atom. The van der Waals surface area contributed by atoms with E-state index in [4.69, 9.17) is 4.42 Å². The van der Waals surface area contributed by atoms with Gasteiger partial charge in [0.05, 0.1) is 19.4 Å². The number of nitrogens with one attached hydrogen (secondary N) is 1. The highest BCUT2D eigenvalue weighted by Gasteiger charge is 2.12. The van der Waals surface area contributed by atoms with Crippen LogP contribution in [0, 0.1) is 5.92 Å². The third kappa shape index (κ3) is 5.60. The number of rotatable bonds is 8. The van der Waals surface area contributed by atoms with Crippen LogP contribution in [0.1, 0.15) is 25.2 Å². The van der Waals surface area contributed by atoms with E-state index < -0.39 is 6.43 Å². The summed E-state index contributed by atoms with van der Waals surface area (Å²) in [5, 5.41) is 3.31. The predicted molar refractivity (Wildman–Crippen MR) is 67.6 cm³/mol. The van der Waals surface area contributed by atoms with Crippen molar-refractivity contribution in [3.05, 3.63) is 23.7 Å². The zero-order chi connectivity index (χ0) is 13.5. The third-order valence-electron chi connectivity index (χ3n) is 2.57. The lowest BCUT2D eigenvalue weighted by molar-refractivity contribution is 0.0944. The molecule has 0 atom stereocenters. The van der Waals surface area contributed by atoms with Crippen molar-refractivity contribution in [1.82, 2.24) is 10.2 Å². The molecule has 18 heavy (non-hydrogen) atoms. The smallest absolute Gasteiger partial charge is 0.251 e. The van der Waals surface area contributed by atoms with Crippen LogP contribution < -0.4 is 5.32 Å². The summed E-state index contributed by atoms with van der Waals surface area (Å²) in [6.45, 7) is 6.10. The van der Waals surface area contributed by atoms with E-state index in [0.717, 1.165) is 17.9 Å². The molecule has 0 saturated carbocycles. The molecule has 0 radical (unpaired) electrons. The molecule has 0 aliphatic heterocycles. The van der Waals surface area contributed by atoms with Gasteiger partial charge in [-0.1, -0.05) is 13.8 Å². The van der Waals surface area contributed by atoms with Crippen LogP contribution in [0.5, 0.6) is 0 Å². The summed E-state index contributed by atoms with van der Waals surface area (Å²) in [5.74, 6) is 1.34. The molecule has 0 bridgehead atoms. The summed E-state index contributed by atoms with van der Waals surface area (Å²) >= 11 is 0. The first kappa shape index (κ1) is 15.1. The van der Waals surface area contributed by atoms with Gasteiger partial charge in [-0.2, -0.15) is 0 Å². The maximum absolute atomic E-state index is 12.2. The van der Waals surface area contributed by atoms with Crippen molar-refractivity contribution >= 4 is 0 Å². The average Bonchev–Trinajstić information content (AvgIpc) is 2.63. The molecule has 1 rings (SSSR count). The molecule has 0 unspecified atom stereocenters. The van der Waals surface area contributed by atoms with Crippen LogP contribution >= 0.6 is 0 Å². The van der Waals surface area contributed by atoms with E-state index in [1.54, 1.807) is 18.2 Å². The van der Waals surface area contributed by atoms with Gasteiger partial charge in [0.1, 0.15) is 5.76 Å². The van der Waals surface area contributed by atoms with E-state index in [-0.39, 0.29) is 6.54 Å². The number of hydrogen-bond donors (Lipinski definition) is 1. The molecule has 0 aromatic carbocycles. The lowest BCUT2D eigenvalue weighted by Crippen LogP contribution is -2.25. The van der Waals surface area contributed by atoms with Crippen molar-refractivity contribution in [2.75, 3.05) is 20.1 Å². The Morgan fingerprint density at radius 3 is 2.72 bits per heavy atom. The molecule has 3 nitrogen and oxygen atoms in total. The topological polar surface area (TPSA) is 28.4 Å². The Labute approximate surface area is 107 Å². The molecule has 0 aliphatic rings. The van der Waals surface area contributed by atoms with Crippen molar-refractivity contribution in [2.45, 2.75) is 33.4 Å². The Morgan fingerprint density at radius 2 is 2.11 bits per heavy atom. The SMILES string of the molecule is CC(C)CNCc1ccoc1CN(C)CC(F)F. The molecule has 0 fully saturated rings. The molecular formula is C13H22F2N2O. The minimum atomic E-state index is -2.31. The van der Waals surface area contributed by atoms with Crippen LogP contribution in [0.2, 0.25) is 0 Å².